The Labute approximate surface area is 172 Å². The average Bonchev–Trinajstić information content (AvgIpc) is 3.20. The van der Waals surface area contributed by atoms with E-state index in [2.05, 4.69) is 33.6 Å². The quantitative estimate of drug-likeness (QED) is 0.446. The Bertz CT molecular complexity index is 1160. The van der Waals surface area contributed by atoms with E-state index >= 15 is 0 Å². The number of carbonyl (C=O) groups excluding carboxylic acids is 1. The van der Waals surface area contributed by atoms with Crippen molar-refractivity contribution in [3.05, 3.63) is 82.4 Å². The first kappa shape index (κ1) is 18.6. The highest BCUT2D eigenvalue weighted by molar-refractivity contribution is 8.18. The summed E-state index contributed by atoms with van der Waals surface area (Å²) in [6, 6.07) is 13.7. The van der Waals surface area contributed by atoms with E-state index in [1.165, 1.54) is 11.8 Å². The van der Waals surface area contributed by atoms with Crippen molar-refractivity contribution in [2.75, 3.05) is 0 Å². The van der Waals surface area contributed by atoms with Crippen LogP contribution in [-0.4, -0.2) is 15.6 Å². The van der Waals surface area contributed by atoms with Crippen molar-refractivity contribution in [2.45, 2.75) is 13.5 Å². The number of para-hydroxylation sites is 1. The van der Waals surface area contributed by atoms with Gasteiger partial charge in [-0.15, -0.1) is 6.58 Å². The van der Waals surface area contributed by atoms with Crippen LogP contribution >= 0.6 is 23.4 Å². The van der Waals surface area contributed by atoms with Crippen LogP contribution in [0, 0.1) is 6.92 Å². The second-order valence-electron chi connectivity index (χ2n) is 6.41. The van der Waals surface area contributed by atoms with Crippen LogP contribution in [0.15, 0.2) is 71.2 Å². The van der Waals surface area contributed by atoms with Crippen molar-refractivity contribution in [3.63, 3.8) is 0 Å². The number of fused-ring (bicyclic) bond motifs is 1. The van der Waals surface area contributed by atoms with Gasteiger partial charge >= 0.3 is 0 Å². The number of rotatable bonds is 4. The molecule has 0 bridgehead atoms. The maximum atomic E-state index is 12.5. The lowest BCUT2D eigenvalue weighted by Crippen LogP contribution is -2.19. The van der Waals surface area contributed by atoms with E-state index < -0.39 is 0 Å². The SMILES string of the molecule is C=CCn1cc(/C=C2/SC(=Nc3cccc(Cl)c3C)NC2=O)c2ccccc21. The highest BCUT2D eigenvalue weighted by atomic mass is 35.5. The number of nitrogens with one attached hydrogen (secondary N) is 1. The molecule has 1 saturated heterocycles. The standard InChI is InChI=1S/C22H18ClN3OS/c1-3-11-26-13-15(16-7-4-5-10-19(16)26)12-20-21(27)25-22(28-20)24-18-9-6-8-17(23)14(18)2/h3-10,12-13H,1,11H2,2H3,(H,24,25,27)/b20-12+. The number of allylic oxidation sites excluding steroid dienone is 1. The van der Waals surface area contributed by atoms with E-state index in [9.17, 15) is 4.79 Å². The fourth-order valence-electron chi connectivity index (χ4n) is 3.13. The zero-order chi connectivity index (χ0) is 19.7. The van der Waals surface area contributed by atoms with Crippen molar-refractivity contribution in [2.24, 2.45) is 4.99 Å². The Hall–Kier alpha value is -2.76. The number of benzene rings is 2. The predicted octanol–water partition coefficient (Wildman–Crippen LogP) is 5.68. The zero-order valence-corrected chi connectivity index (χ0v) is 16.8. The maximum Gasteiger partial charge on any atom is 0.264 e. The van der Waals surface area contributed by atoms with Gasteiger partial charge in [-0.25, -0.2) is 4.99 Å². The van der Waals surface area contributed by atoms with Crippen molar-refractivity contribution in [1.82, 2.24) is 9.88 Å². The van der Waals surface area contributed by atoms with E-state index in [1.807, 2.05) is 55.6 Å². The number of thioether (sulfide) groups is 1. The molecule has 140 valence electrons. The molecule has 2 aromatic carbocycles. The Balaban J connectivity index is 1.69. The molecule has 1 amide bonds. The minimum atomic E-state index is -0.149. The summed E-state index contributed by atoms with van der Waals surface area (Å²) >= 11 is 7.50. The summed E-state index contributed by atoms with van der Waals surface area (Å²) in [5.41, 5.74) is 3.74. The number of carbonyl (C=O) groups is 1. The molecule has 1 aromatic heterocycles. The van der Waals surface area contributed by atoms with Gasteiger partial charge in [0.05, 0.1) is 10.6 Å². The van der Waals surface area contributed by atoms with Gasteiger partial charge in [0.1, 0.15) is 0 Å². The van der Waals surface area contributed by atoms with E-state index in [0.29, 0.717) is 21.6 Å². The fourth-order valence-corrected chi connectivity index (χ4v) is 4.12. The zero-order valence-electron chi connectivity index (χ0n) is 15.3. The first-order chi connectivity index (χ1) is 13.6. The lowest BCUT2D eigenvalue weighted by atomic mass is 10.1. The van der Waals surface area contributed by atoms with Crippen molar-refractivity contribution in [3.8, 4) is 0 Å². The van der Waals surface area contributed by atoms with Gasteiger partial charge in [-0.2, -0.15) is 0 Å². The number of amidine groups is 1. The molecule has 2 heterocycles. The second-order valence-corrected chi connectivity index (χ2v) is 7.85. The van der Waals surface area contributed by atoms with Crippen LogP contribution in [0.4, 0.5) is 5.69 Å². The molecular formula is C22H18ClN3OS. The van der Waals surface area contributed by atoms with Crippen LogP contribution in [0.2, 0.25) is 5.02 Å². The first-order valence-electron chi connectivity index (χ1n) is 8.80. The number of halogens is 1. The van der Waals surface area contributed by atoms with Gasteiger partial charge in [-0.1, -0.05) is 41.9 Å². The molecule has 1 aliphatic heterocycles. The molecule has 4 rings (SSSR count). The van der Waals surface area contributed by atoms with E-state index in [0.717, 1.165) is 27.7 Å². The molecule has 0 unspecified atom stereocenters. The van der Waals surface area contributed by atoms with Crippen LogP contribution in [0.25, 0.3) is 17.0 Å². The van der Waals surface area contributed by atoms with Crippen LogP contribution < -0.4 is 5.32 Å². The summed E-state index contributed by atoms with van der Waals surface area (Å²) < 4.78 is 2.12. The van der Waals surface area contributed by atoms with Gasteiger partial charge in [-0.05, 0) is 48.5 Å². The molecule has 6 heteroatoms. The van der Waals surface area contributed by atoms with Gasteiger partial charge < -0.3 is 9.88 Å². The van der Waals surface area contributed by atoms with Crippen LogP contribution in [-0.2, 0) is 11.3 Å². The van der Waals surface area contributed by atoms with Crippen molar-refractivity contribution < 1.29 is 4.79 Å². The predicted molar refractivity (Wildman–Crippen MR) is 119 cm³/mol. The summed E-state index contributed by atoms with van der Waals surface area (Å²) in [4.78, 5) is 17.6. The smallest absolute Gasteiger partial charge is 0.264 e. The maximum absolute atomic E-state index is 12.5. The third-order valence-corrected chi connectivity index (χ3v) is 5.86. The molecule has 0 radical (unpaired) electrons. The first-order valence-corrected chi connectivity index (χ1v) is 9.99. The molecule has 0 saturated carbocycles. The Kier molecular flexibility index (Phi) is 5.11. The lowest BCUT2D eigenvalue weighted by molar-refractivity contribution is -0.115. The van der Waals surface area contributed by atoms with Gasteiger partial charge in [0.25, 0.3) is 5.91 Å². The summed E-state index contributed by atoms with van der Waals surface area (Å²) in [6.07, 6.45) is 5.82. The fraction of sp³-hybridized carbons (Fsp3) is 0.0909. The second kappa shape index (κ2) is 7.70. The molecule has 0 spiro atoms. The molecule has 1 aliphatic rings. The third kappa shape index (κ3) is 3.51. The molecule has 4 nitrogen and oxygen atoms in total. The van der Waals surface area contributed by atoms with E-state index in [4.69, 9.17) is 11.6 Å². The summed E-state index contributed by atoms with van der Waals surface area (Å²) in [6.45, 7) is 6.44. The van der Waals surface area contributed by atoms with Crippen molar-refractivity contribution >= 4 is 57.1 Å². The van der Waals surface area contributed by atoms with Crippen molar-refractivity contribution in [1.29, 1.82) is 0 Å². The molecule has 28 heavy (non-hydrogen) atoms. The molecule has 1 fully saturated rings. The van der Waals surface area contributed by atoms with Crippen LogP contribution in [0.5, 0.6) is 0 Å². The average molecular weight is 408 g/mol. The summed E-state index contributed by atoms with van der Waals surface area (Å²) in [5, 5.41) is 5.14. The summed E-state index contributed by atoms with van der Waals surface area (Å²) in [7, 11) is 0. The van der Waals surface area contributed by atoms with Crippen LogP contribution in [0.3, 0.4) is 0 Å². The van der Waals surface area contributed by atoms with Gasteiger partial charge in [-0.3, -0.25) is 4.79 Å². The molecule has 0 atom stereocenters. The number of aromatic nitrogens is 1. The number of amides is 1. The minimum absolute atomic E-state index is 0.149. The lowest BCUT2D eigenvalue weighted by Gasteiger charge is -2.02. The van der Waals surface area contributed by atoms with Crippen LogP contribution in [0.1, 0.15) is 11.1 Å². The molecular weight excluding hydrogens is 390 g/mol. The number of hydrogen-bond acceptors (Lipinski definition) is 3. The largest absolute Gasteiger partial charge is 0.343 e. The Morgan fingerprint density at radius 3 is 2.89 bits per heavy atom. The topological polar surface area (TPSA) is 46.4 Å². The van der Waals surface area contributed by atoms with Gasteiger partial charge in [0.15, 0.2) is 5.17 Å². The highest BCUT2D eigenvalue weighted by Crippen LogP contribution is 2.32. The molecule has 0 aliphatic carbocycles. The Morgan fingerprint density at radius 2 is 2.07 bits per heavy atom. The number of aliphatic imine (C=N–C) groups is 1. The minimum Gasteiger partial charge on any atom is -0.343 e. The van der Waals surface area contributed by atoms with E-state index in [-0.39, 0.29) is 5.91 Å². The van der Waals surface area contributed by atoms with Gasteiger partial charge in [0.2, 0.25) is 0 Å². The Morgan fingerprint density at radius 1 is 1.25 bits per heavy atom. The third-order valence-electron chi connectivity index (χ3n) is 4.54. The normalized spacial score (nSPS) is 16.9. The number of nitrogens with zero attached hydrogens (tertiary/aromatic N) is 2. The van der Waals surface area contributed by atoms with E-state index in [1.54, 1.807) is 0 Å². The monoisotopic (exact) mass is 407 g/mol. The highest BCUT2D eigenvalue weighted by Gasteiger charge is 2.24. The summed E-state index contributed by atoms with van der Waals surface area (Å²) in [5.74, 6) is -0.149. The molecule has 3 aromatic rings. The van der Waals surface area contributed by atoms with Gasteiger partial charge in [0, 0.05) is 34.2 Å². The molecule has 1 N–H and O–H groups in total. The number of hydrogen-bond donors (Lipinski definition) is 1.